The molecule has 1 aliphatic heterocycles. The van der Waals surface area contributed by atoms with Gasteiger partial charge in [0.15, 0.2) is 17.9 Å². The molecule has 7 atom stereocenters. The van der Waals surface area contributed by atoms with Crippen molar-refractivity contribution in [2.24, 2.45) is 11.5 Å². The number of nitrogens with two attached hydrogens (primary N) is 2. The highest BCUT2D eigenvalue weighted by atomic mass is 16.7. The fourth-order valence-electron chi connectivity index (χ4n) is 6.79. The third-order valence-corrected chi connectivity index (χ3v) is 10.1. The highest BCUT2D eigenvalue weighted by molar-refractivity contribution is 6.31. The molecule has 1 amide bonds. The van der Waals surface area contributed by atoms with Gasteiger partial charge in [-0.1, -0.05) is 12.1 Å². The molecule has 20 heteroatoms. The van der Waals surface area contributed by atoms with Gasteiger partial charge in [0.05, 0.1) is 61.9 Å². The number of amides is 1. The molecule has 20 nitrogen and oxygen atoms in total. The Morgan fingerprint density at radius 3 is 2.21 bits per heavy atom. The summed E-state index contributed by atoms with van der Waals surface area (Å²) in [6.07, 6.45) is -5.36. The molecular formula is C36H47N3O17. The molecule has 14 N–H and O–H groups in total. The first-order chi connectivity index (χ1) is 26.3. The molecule has 2 aliphatic carbocycles. The van der Waals surface area contributed by atoms with E-state index in [0.717, 1.165) is 0 Å². The second-order valence-corrected chi connectivity index (χ2v) is 13.9. The number of aliphatic carboxylic acids is 1. The number of methoxy groups -OCH3 is 1. The molecule has 0 aromatic heterocycles. The maximum Gasteiger partial charge on any atom is 0.320 e. The van der Waals surface area contributed by atoms with Crippen LogP contribution in [0.1, 0.15) is 81.7 Å². The summed E-state index contributed by atoms with van der Waals surface area (Å²) in [4.78, 5) is 61.5. The number of fused-ring (bicyclic) bond motifs is 3. The number of Topliss-reactive ketones (excluding diaryl/α,β-unsaturated/α-hetero) is 1. The Morgan fingerprint density at radius 1 is 1.04 bits per heavy atom. The Balaban J connectivity index is 0.000000347. The minimum Gasteiger partial charge on any atom is -0.507 e. The lowest BCUT2D eigenvalue weighted by atomic mass is 9.72. The number of nitrogens with one attached hydrogen (secondary N) is 1. The first-order valence-corrected chi connectivity index (χ1v) is 17.4. The molecule has 2 aromatic rings. The smallest absolute Gasteiger partial charge is 0.320 e. The second kappa shape index (κ2) is 17.7. The van der Waals surface area contributed by atoms with Crippen LogP contribution in [0.4, 0.5) is 0 Å². The van der Waals surface area contributed by atoms with E-state index in [9.17, 15) is 49.5 Å². The molecule has 5 rings (SSSR count). The third kappa shape index (κ3) is 8.54. The van der Waals surface area contributed by atoms with Crippen LogP contribution in [-0.4, -0.2) is 150 Å². The number of hydrogen-bond acceptors (Lipinski definition) is 18. The first kappa shape index (κ1) is 44.1. The predicted molar refractivity (Wildman–Crippen MR) is 189 cm³/mol. The lowest BCUT2D eigenvalue weighted by Gasteiger charge is -2.42. The number of phenolic OH excluding ortho intramolecular Hbond substituents is 2. The van der Waals surface area contributed by atoms with Crippen LogP contribution in [0.3, 0.4) is 0 Å². The van der Waals surface area contributed by atoms with E-state index in [0.29, 0.717) is 0 Å². The number of hydrogen-bond donors (Lipinski definition) is 12. The lowest BCUT2D eigenvalue weighted by molar-refractivity contribution is -0.247. The Morgan fingerprint density at radius 2 is 1.66 bits per heavy atom. The van der Waals surface area contributed by atoms with E-state index in [1.807, 2.05) is 0 Å². The highest BCUT2D eigenvalue weighted by Gasteiger charge is 2.50. The third-order valence-electron chi connectivity index (χ3n) is 10.1. The van der Waals surface area contributed by atoms with Crippen LogP contribution in [0.5, 0.6) is 17.2 Å². The van der Waals surface area contributed by atoms with Gasteiger partial charge in [-0.2, -0.15) is 0 Å². The van der Waals surface area contributed by atoms with Crippen LogP contribution in [0.2, 0.25) is 0 Å². The van der Waals surface area contributed by atoms with Gasteiger partial charge in [0, 0.05) is 48.4 Å². The maximum absolute atomic E-state index is 13.6. The van der Waals surface area contributed by atoms with Gasteiger partial charge in [-0.15, -0.1) is 0 Å². The van der Waals surface area contributed by atoms with Crippen molar-refractivity contribution in [3.05, 3.63) is 51.6 Å². The van der Waals surface area contributed by atoms with Crippen molar-refractivity contribution in [1.29, 1.82) is 0 Å². The average Bonchev–Trinajstić information content (AvgIpc) is 3.17. The number of carboxylic acid groups (broad SMARTS) is 1. The van der Waals surface area contributed by atoms with Gasteiger partial charge in [-0.25, -0.2) is 0 Å². The first-order valence-electron chi connectivity index (χ1n) is 17.4. The van der Waals surface area contributed by atoms with E-state index in [1.54, 1.807) is 6.92 Å². The molecule has 0 bridgehead atoms. The van der Waals surface area contributed by atoms with Crippen molar-refractivity contribution in [3.63, 3.8) is 0 Å². The number of benzene rings is 2. The Hall–Kier alpha value is -4.61. The van der Waals surface area contributed by atoms with Gasteiger partial charge in [-0.05, 0) is 19.4 Å². The molecule has 0 spiro atoms. The summed E-state index contributed by atoms with van der Waals surface area (Å²) >= 11 is 0. The van der Waals surface area contributed by atoms with Crippen molar-refractivity contribution in [3.8, 4) is 17.2 Å². The fourth-order valence-corrected chi connectivity index (χ4v) is 6.79. The normalized spacial score (nSPS) is 24.8. The standard InChI is InChI=1S/C27H29NO11.C9H18N2O6/c1-10-22(31)13(28)6-17(38-10)39-15-8-27(36,16(30)9-29)7-12-19(15)26(35)21-20(24(12)33)23(32)11-4-3-5-14(37-2)18(11)25(21)34;10-6(8(16)17)1-2-7(15)11-9(3-12,4-13)5-14/h3-5,10,13,15,17,22,29,31,33,35-36H,6-9,28H2,1-2H3;6,12-14H,1-5,10H2,(H,11,15)(H,16,17). The number of carbonyl (C=O) groups is 5. The monoisotopic (exact) mass is 793 g/mol. The SMILES string of the molecule is COc1cccc2c1C(=O)c1c(O)c3c(c(O)c1C2=O)CC(O)(C(=O)CO)CC3OC1CC(N)C(O)C(C)O1.NC(CCC(=O)NC(CO)(CO)CO)C(=O)O. The minimum absolute atomic E-state index is 0.0173. The van der Waals surface area contributed by atoms with Crippen LogP contribution >= 0.6 is 0 Å². The van der Waals surface area contributed by atoms with Gasteiger partial charge >= 0.3 is 5.97 Å². The number of carboxylic acids is 1. The zero-order chi connectivity index (χ0) is 41.9. The van der Waals surface area contributed by atoms with Crippen LogP contribution in [0, 0.1) is 0 Å². The Labute approximate surface area is 319 Å². The number of carbonyl (C=O) groups excluding carboxylic acids is 4. The summed E-state index contributed by atoms with van der Waals surface area (Å²) in [6, 6.07) is 2.49. The van der Waals surface area contributed by atoms with E-state index < -0.39 is 139 Å². The van der Waals surface area contributed by atoms with Gasteiger partial charge in [0.1, 0.15) is 41.0 Å². The van der Waals surface area contributed by atoms with Crippen LogP contribution in [-0.2, 0) is 30.3 Å². The highest BCUT2D eigenvalue weighted by Crippen LogP contribution is 2.52. The topological polar surface area (TPSA) is 359 Å². The largest absolute Gasteiger partial charge is 0.507 e. The molecule has 2 aromatic carbocycles. The molecule has 0 radical (unpaired) electrons. The molecule has 56 heavy (non-hydrogen) atoms. The molecule has 0 saturated carbocycles. The number of ether oxygens (including phenoxy) is 3. The number of phenols is 2. The zero-order valence-electron chi connectivity index (χ0n) is 30.5. The van der Waals surface area contributed by atoms with Crippen molar-refractivity contribution in [1.82, 2.24) is 5.32 Å². The zero-order valence-corrected chi connectivity index (χ0v) is 30.5. The number of aliphatic hydroxyl groups excluding tert-OH is 5. The molecule has 7 unspecified atom stereocenters. The van der Waals surface area contributed by atoms with Crippen molar-refractivity contribution >= 4 is 29.2 Å². The number of rotatable bonds is 13. The van der Waals surface area contributed by atoms with Crippen molar-refractivity contribution in [2.45, 2.75) is 86.9 Å². The van der Waals surface area contributed by atoms with E-state index in [4.69, 9.17) is 46.1 Å². The molecular weight excluding hydrogens is 746 g/mol. The number of aliphatic hydroxyl groups is 6. The lowest BCUT2D eigenvalue weighted by Crippen LogP contribution is -2.57. The van der Waals surface area contributed by atoms with Crippen molar-refractivity contribution < 1.29 is 84.1 Å². The molecule has 1 heterocycles. The van der Waals surface area contributed by atoms with Gasteiger partial charge in [0.25, 0.3) is 0 Å². The Bertz CT molecular complexity index is 1830. The number of aromatic hydroxyl groups is 2. The van der Waals surface area contributed by atoms with E-state index >= 15 is 0 Å². The van der Waals surface area contributed by atoms with Crippen molar-refractivity contribution in [2.75, 3.05) is 33.5 Å². The average molecular weight is 794 g/mol. The summed E-state index contributed by atoms with van der Waals surface area (Å²) in [5.74, 6) is -5.59. The van der Waals surface area contributed by atoms with Crippen LogP contribution in [0.25, 0.3) is 0 Å². The summed E-state index contributed by atoms with van der Waals surface area (Å²) in [7, 11) is 1.32. The van der Waals surface area contributed by atoms with Gasteiger partial charge in [-0.3, -0.25) is 24.0 Å². The van der Waals surface area contributed by atoms with E-state index in [2.05, 4.69) is 5.32 Å². The van der Waals surface area contributed by atoms with Crippen LogP contribution in [0.15, 0.2) is 18.2 Å². The Kier molecular flexibility index (Phi) is 13.9. The molecule has 1 fully saturated rings. The van der Waals surface area contributed by atoms with Gasteiger partial charge < -0.3 is 77.0 Å². The maximum atomic E-state index is 13.6. The summed E-state index contributed by atoms with van der Waals surface area (Å²) in [5, 5.41) is 91.2. The molecule has 308 valence electrons. The molecule has 3 aliphatic rings. The molecule has 1 saturated heterocycles. The summed E-state index contributed by atoms with van der Waals surface area (Å²) < 4.78 is 17.0. The number of ketones is 3. The van der Waals surface area contributed by atoms with Gasteiger partial charge in [0.2, 0.25) is 11.7 Å². The van der Waals surface area contributed by atoms with Crippen LogP contribution < -0.4 is 21.5 Å². The van der Waals surface area contributed by atoms with E-state index in [1.165, 1.54) is 25.3 Å². The van der Waals surface area contributed by atoms with E-state index in [-0.39, 0.29) is 47.3 Å². The minimum atomic E-state index is -2.24. The quantitative estimate of drug-likeness (QED) is 0.0768. The second-order valence-electron chi connectivity index (χ2n) is 13.9. The predicted octanol–water partition coefficient (Wildman–Crippen LogP) is -2.99. The summed E-state index contributed by atoms with van der Waals surface area (Å²) in [6.45, 7) is -1.33. The fraction of sp³-hybridized carbons (Fsp3) is 0.528. The summed E-state index contributed by atoms with van der Waals surface area (Å²) in [5.41, 5.74) is 6.08.